The molecule has 0 spiro atoms. The normalized spacial score (nSPS) is 15.1. The van der Waals surface area contributed by atoms with Crippen LogP contribution in [0.4, 0.5) is 0 Å². The minimum Gasteiger partial charge on any atom is -0.480 e. The first-order valence-electron chi connectivity index (χ1n) is 3.08. The molecule has 0 amide bonds. The SMILES string of the molecule is CC[C@H](C)[C@H](N)C(=O)O.[Ag]. The van der Waals surface area contributed by atoms with Gasteiger partial charge in [0.1, 0.15) is 6.04 Å². The molecule has 0 bridgehead atoms. The molecule has 0 unspecified atom stereocenters. The number of carbonyl (C=O) groups is 1. The van der Waals surface area contributed by atoms with Gasteiger partial charge in [-0.1, -0.05) is 20.3 Å². The van der Waals surface area contributed by atoms with E-state index in [9.17, 15) is 4.79 Å². The Balaban J connectivity index is 0. The minimum absolute atomic E-state index is 0. The van der Waals surface area contributed by atoms with Crippen LogP contribution in [0, 0.1) is 5.92 Å². The zero-order valence-corrected chi connectivity index (χ0v) is 7.58. The first kappa shape index (κ1) is 12.8. The standard InChI is InChI=1S/C6H13NO2.Ag/c1-3-4(2)5(7)6(8)9;/h4-5H,3,7H2,1-2H3,(H,8,9);/t4-,5-;/m0./s1. The molecular formula is C6H13AgNO2. The van der Waals surface area contributed by atoms with Gasteiger partial charge in [0.15, 0.2) is 0 Å². The fourth-order valence-corrected chi connectivity index (χ4v) is 0.497. The Morgan fingerprint density at radius 3 is 2.20 bits per heavy atom. The molecule has 2 atom stereocenters. The molecule has 1 radical (unpaired) electrons. The van der Waals surface area contributed by atoms with Crippen molar-refractivity contribution in [2.24, 2.45) is 11.7 Å². The van der Waals surface area contributed by atoms with Crippen molar-refractivity contribution >= 4 is 5.97 Å². The van der Waals surface area contributed by atoms with Crippen LogP contribution >= 0.6 is 0 Å². The zero-order valence-electron chi connectivity index (χ0n) is 6.10. The Hall–Kier alpha value is 0.170. The predicted molar refractivity (Wildman–Crippen MR) is 35.1 cm³/mol. The van der Waals surface area contributed by atoms with Crippen LogP contribution in [0.3, 0.4) is 0 Å². The molecule has 0 heterocycles. The average molecular weight is 239 g/mol. The third kappa shape index (κ3) is 4.06. The van der Waals surface area contributed by atoms with Gasteiger partial charge in [0.2, 0.25) is 0 Å². The predicted octanol–water partition coefficient (Wildman–Crippen LogP) is 0.442. The molecule has 0 aromatic carbocycles. The van der Waals surface area contributed by atoms with Crippen molar-refractivity contribution < 1.29 is 32.3 Å². The molecule has 0 fully saturated rings. The van der Waals surface area contributed by atoms with Crippen LogP contribution in [0.1, 0.15) is 20.3 Å². The molecule has 3 N–H and O–H groups in total. The summed E-state index contributed by atoms with van der Waals surface area (Å²) in [6.07, 6.45) is 0.813. The molecule has 4 heteroatoms. The Morgan fingerprint density at radius 2 is 2.10 bits per heavy atom. The molecule has 0 aliphatic carbocycles. The molecule has 0 rings (SSSR count). The van der Waals surface area contributed by atoms with Crippen LogP contribution in [-0.2, 0) is 27.2 Å². The van der Waals surface area contributed by atoms with Crippen LogP contribution in [0.5, 0.6) is 0 Å². The first-order valence-corrected chi connectivity index (χ1v) is 3.08. The first-order chi connectivity index (χ1) is 4.09. The number of carboxylic acid groups (broad SMARTS) is 1. The quantitative estimate of drug-likeness (QED) is 0.702. The van der Waals surface area contributed by atoms with E-state index >= 15 is 0 Å². The third-order valence-corrected chi connectivity index (χ3v) is 1.54. The molecule has 0 aromatic heterocycles. The molecule has 0 aromatic rings. The second-order valence-corrected chi connectivity index (χ2v) is 2.25. The van der Waals surface area contributed by atoms with Crippen LogP contribution < -0.4 is 5.73 Å². The molecule has 0 aliphatic heterocycles. The van der Waals surface area contributed by atoms with Crippen LogP contribution in [-0.4, -0.2) is 17.1 Å². The molecule has 65 valence electrons. The van der Waals surface area contributed by atoms with Crippen molar-refractivity contribution in [3.05, 3.63) is 0 Å². The molecule has 0 aliphatic rings. The largest absolute Gasteiger partial charge is 0.480 e. The third-order valence-electron chi connectivity index (χ3n) is 1.54. The van der Waals surface area contributed by atoms with Gasteiger partial charge in [0.05, 0.1) is 0 Å². The van der Waals surface area contributed by atoms with Gasteiger partial charge < -0.3 is 10.8 Å². The molecule has 0 saturated carbocycles. The number of hydrogen-bond acceptors (Lipinski definition) is 2. The van der Waals surface area contributed by atoms with E-state index in [4.69, 9.17) is 10.8 Å². The summed E-state index contributed by atoms with van der Waals surface area (Å²) in [6, 6.07) is -0.699. The van der Waals surface area contributed by atoms with Gasteiger partial charge in [-0.3, -0.25) is 4.79 Å². The summed E-state index contributed by atoms with van der Waals surface area (Å²) in [4.78, 5) is 10.2. The number of nitrogens with two attached hydrogens (primary N) is 1. The van der Waals surface area contributed by atoms with Crippen LogP contribution in [0.25, 0.3) is 0 Å². The average Bonchev–Trinajstić information content (AvgIpc) is 1.84. The maximum absolute atomic E-state index is 10.2. The summed E-state index contributed by atoms with van der Waals surface area (Å²) < 4.78 is 0. The summed E-state index contributed by atoms with van der Waals surface area (Å²) in [6.45, 7) is 3.76. The van der Waals surface area contributed by atoms with Crippen molar-refractivity contribution in [3.63, 3.8) is 0 Å². The Labute approximate surface area is 76.5 Å². The van der Waals surface area contributed by atoms with E-state index in [1.54, 1.807) is 0 Å². The van der Waals surface area contributed by atoms with Crippen molar-refractivity contribution in [3.8, 4) is 0 Å². The van der Waals surface area contributed by atoms with Crippen molar-refractivity contribution in [2.45, 2.75) is 26.3 Å². The topological polar surface area (TPSA) is 63.3 Å². The Morgan fingerprint density at radius 1 is 1.70 bits per heavy atom. The van der Waals surface area contributed by atoms with E-state index in [1.807, 2.05) is 13.8 Å². The van der Waals surface area contributed by atoms with Gasteiger partial charge in [-0.25, -0.2) is 0 Å². The van der Waals surface area contributed by atoms with E-state index < -0.39 is 12.0 Å². The van der Waals surface area contributed by atoms with Crippen LogP contribution in [0.2, 0.25) is 0 Å². The fraction of sp³-hybridized carbons (Fsp3) is 0.833. The van der Waals surface area contributed by atoms with Crippen LogP contribution in [0.15, 0.2) is 0 Å². The number of aliphatic carboxylic acids is 1. The minimum atomic E-state index is -0.913. The second kappa shape index (κ2) is 5.92. The molecule has 10 heavy (non-hydrogen) atoms. The van der Waals surface area contributed by atoms with E-state index in [-0.39, 0.29) is 28.3 Å². The molecular weight excluding hydrogens is 226 g/mol. The second-order valence-electron chi connectivity index (χ2n) is 2.25. The summed E-state index contributed by atoms with van der Waals surface area (Å²) in [5, 5.41) is 8.36. The summed E-state index contributed by atoms with van der Waals surface area (Å²) in [5.41, 5.74) is 5.27. The smallest absolute Gasteiger partial charge is 0.320 e. The van der Waals surface area contributed by atoms with Gasteiger partial charge in [-0.2, -0.15) is 0 Å². The van der Waals surface area contributed by atoms with Gasteiger partial charge in [-0.05, 0) is 5.92 Å². The van der Waals surface area contributed by atoms with E-state index in [0.717, 1.165) is 6.42 Å². The van der Waals surface area contributed by atoms with E-state index in [0.29, 0.717) is 0 Å². The zero-order chi connectivity index (χ0) is 7.44. The fourth-order valence-electron chi connectivity index (χ4n) is 0.497. The summed E-state index contributed by atoms with van der Waals surface area (Å²) in [7, 11) is 0. The number of rotatable bonds is 3. The monoisotopic (exact) mass is 238 g/mol. The van der Waals surface area contributed by atoms with Gasteiger partial charge in [-0.15, -0.1) is 0 Å². The summed E-state index contributed by atoms with van der Waals surface area (Å²) >= 11 is 0. The van der Waals surface area contributed by atoms with Crippen molar-refractivity contribution in [2.75, 3.05) is 0 Å². The van der Waals surface area contributed by atoms with Crippen molar-refractivity contribution in [1.29, 1.82) is 0 Å². The summed E-state index contributed by atoms with van der Waals surface area (Å²) in [5.74, 6) is -0.841. The van der Waals surface area contributed by atoms with Crippen molar-refractivity contribution in [1.82, 2.24) is 0 Å². The molecule has 3 nitrogen and oxygen atoms in total. The number of carboxylic acids is 1. The number of hydrogen-bond donors (Lipinski definition) is 2. The Kier molecular flexibility index (Phi) is 7.58. The molecule has 0 saturated heterocycles. The van der Waals surface area contributed by atoms with Gasteiger partial charge >= 0.3 is 5.97 Å². The Bertz CT molecular complexity index is 108. The maximum Gasteiger partial charge on any atom is 0.320 e. The maximum atomic E-state index is 10.2. The van der Waals surface area contributed by atoms with Gasteiger partial charge in [0, 0.05) is 22.4 Å². The van der Waals surface area contributed by atoms with E-state index in [1.165, 1.54) is 0 Å². The van der Waals surface area contributed by atoms with Gasteiger partial charge in [0.25, 0.3) is 0 Å². The van der Waals surface area contributed by atoms with E-state index in [2.05, 4.69) is 0 Å².